The van der Waals surface area contributed by atoms with Gasteiger partial charge < -0.3 is 10.0 Å². The number of hydrogen-bond acceptors (Lipinski definition) is 5. The highest BCUT2D eigenvalue weighted by Crippen LogP contribution is 2.58. The SMILES string of the molecule is CC1(C)C(O)CCC2CN(C(=O)CC3([C@@H]4CCC[C@H](C5CC5)N4S(=O)(=O)c4ccc(Cl)cc4)CC3)CCN21. The molecule has 0 spiro atoms. The highest BCUT2D eigenvalue weighted by Gasteiger charge is 2.59. The summed E-state index contributed by atoms with van der Waals surface area (Å²) in [4.78, 5) is 18.5. The molecule has 210 valence electrons. The maximum absolute atomic E-state index is 14.1. The molecule has 1 aromatic rings. The molecule has 0 radical (unpaired) electrons. The van der Waals surface area contributed by atoms with Crippen molar-refractivity contribution >= 4 is 27.5 Å². The van der Waals surface area contributed by atoms with Crippen LogP contribution in [0.2, 0.25) is 5.02 Å². The van der Waals surface area contributed by atoms with Gasteiger partial charge in [0.1, 0.15) is 0 Å². The Bertz CT molecular complexity index is 1160. The van der Waals surface area contributed by atoms with E-state index in [1.54, 1.807) is 24.3 Å². The zero-order valence-electron chi connectivity index (χ0n) is 22.7. The largest absolute Gasteiger partial charge is 0.391 e. The number of carbonyl (C=O) groups excluding carboxylic acids is 1. The Morgan fingerprint density at radius 1 is 1.03 bits per heavy atom. The monoisotopic (exact) mass is 563 g/mol. The van der Waals surface area contributed by atoms with E-state index in [1.807, 2.05) is 9.21 Å². The normalized spacial score (nSPS) is 33.5. The number of sulfonamides is 1. The number of aliphatic hydroxyl groups excluding tert-OH is 1. The van der Waals surface area contributed by atoms with Crippen molar-refractivity contribution in [2.45, 2.75) is 113 Å². The minimum atomic E-state index is -3.70. The molecule has 5 aliphatic rings. The summed E-state index contributed by atoms with van der Waals surface area (Å²) in [6.07, 6.45) is 8.52. The second-order valence-corrected chi connectivity index (χ2v) is 15.4. The summed E-state index contributed by atoms with van der Waals surface area (Å²) in [5, 5.41) is 11.1. The Morgan fingerprint density at radius 2 is 1.74 bits per heavy atom. The maximum Gasteiger partial charge on any atom is 0.243 e. The van der Waals surface area contributed by atoms with E-state index in [1.165, 1.54) is 0 Å². The van der Waals surface area contributed by atoms with E-state index in [4.69, 9.17) is 11.6 Å². The van der Waals surface area contributed by atoms with Crippen molar-refractivity contribution in [2.75, 3.05) is 19.6 Å². The van der Waals surface area contributed by atoms with Gasteiger partial charge in [-0.15, -0.1) is 0 Å². The van der Waals surface area contributed by atoms with Gasteiger partial charge in [-0.1, -0.05) is 18.0 Å². The van der Waals surface area contributed by atoms with Crippen LogP contribution in [-0.2, 0) is 14.8 Å². The van der Waals surface area contributed by atoms with E-state index in [-0.39, 0.29) is 41.1 Å². The summed E-state index contributed by atoms with van der Waals surface area (Å²) in [6.45, 7) is 6.36. The molecule has 0 bridgehead atoms. The number of carbonyl (C=O) groups is 1. The van der Waals surface area contributed by atoms with Crippen LogP contribution in [0.3, 0.4) is 0 Å². The maximum atomic E-state index is 14.1. The Hall–Kier alpha value is -1.19. The summed E-state index contributed by atoms with van der Waals surface area (Å²) >= 11 is 6.08. The molecule has 1 aromatic carbocycles. The summed E-state index contributed by atoms with van der Waals surface area (Å²) in [5.74, 6) is 0.605. The first-order chi connectivity index (χ1) is 18.0. The average molecular weight is 564 g/mol. The van der Waals surface area contributed by atoms with E-state index in [9.17, 15) is 18.3 Å². The fourth-order valence-corrected chi connectivity index (χ4v) is 9.91. The van der Waals surface area contributed by atoms with Crippen LogP contribution in [0.15, 0.2) is 29.2 Å². The number of halogens is 1. The molecule has 2 saturated carbocycles. The Labute approximate surface area is 232 Å². The van der Waals surface area contributed by atoms with Crippen molar-refractivity contribution in [2.24, 2.45) is 11.3 Å². The number of benzene rings is 1. The Morgan fingerprint density at radius 3 is 2.39 bits per heavy atom. The van der Waals surface area contributed by atoms with Crippen LogP contribution >= 0.6 is 11.6 Å². The van der Waals surface area contributed by atoms with Crippen molar-refractivity contribution in [3.63, 3.8) is 0 Å². The molecule has 4 atom stereocenters. The molecule has 6 rings (SSSR count). The molecule has 1 amide bonds. The third-order valence-corrected chi connectivity index (χ3v) is 12.6. The standard InChI is InChI=1S/C29H42ClN3O4S/c1-28(2)26(34)13-10-22-19-31(16-17-32(22)28)27(35)18-29(14-15-29)25-5-3-4-24(20-6-7-20)33(25)38(36,37)23-11-8-21(30)9-12-23/h8-9,11-12,20,22,24-26,34H,3-7,10,13-19H2,1-2H3/t22?,24-,25+,26?/m1/s1. The van der Waals surface area contributed by atoms with Gasteiger partial charge in [0.25, 0.3) is 0 Å². The van der Waals surface area contributed by atoms with E-state index in [0.717, 1.165) is 64.3 Å². The highest BCUT2D eigenvalue weighted by molar-refractivity contribution is 7.89. The van der Waals surface area contributed by atoms with Crippen molar-refractivity contribution in [1.29, 1.82) is 0 Å². The van der Waals surface area contributed by atoms with Crippen LogP contribution in [0.25, 0.3) is 0 Å². The van der Waals surface area contributed by atoms with Gasteiger partial charge in [-0.05, 0) is 101 Å². The summed E-state index contributed by atoms with van der Waals surface area (Å²) in [7, 11) is -3.70. The van der Waals surface area contributed by atoms with E-state index in [0.29, 0.717) is 35.3 Å². The lowest BCUT2D eigenvalue weighted by atomic mass is 9.81. The molecule has 38 heavy (non-hydrogen) atoms. The summed E-state index contributed by atoms with van der Waals surface area (Å²) in [6, 6.07) is 6.73. The Balaban J connectivity index is 1.22. The molecular formula is C29H42ClN3O4S. The molecule has 2 aliphatic carbocycles. The number of hydrogen-bond donors (Lipinski definition) is 1. The van der Waals surface area contributed by atoms with Gasteiger partial charge >= 0.3 is 0 Å². The lowest BCUT2D eigenvalue weighted by Crippen LogP contribution is -2.67. The van der Waals surface area contributed by atoms with Crippen LogP contribution in [0, 0.1) is 11.3 Å². The van der Waals surface area contributed by atoms with Gasteiger partial charge in [0.15, 0.2) is 0 Å². The van der Waals surface area contributed by atoms with Gasteiger partial charge in [0, 0.05) is 54.7 Å². The first-order valence-electron chi connectivity index (χ1n) is 14.5. The molecule has 3 saturated heterocycles. The number of piperazine rings is 1. The molecule has 3 aliphatic heterocycles. The van der Waals surface area contributed by atoms with E-state index < -0.39 is 10.0 Å². The summed E-state index contributed by atoms with van der Waals surface area (Å²) < 4.78 is 30.1. The van der Waals surface area contributed by atoms with Crippen molar-refractivity contribution in [1.82, 2.24) is 14.1 Å². The van der Waals surface area contributed by atoms with Gasteiger partial charge in [-0.25, -0.2) is 8.42 Å². The van der Waals surface area contributed by atoms with Gasteiger partial charge in [0.2, 0.25) is 15.9 Å². The lowest BCUT2D eigenvalue weighted by molar-refractivity contribution is -0.143. The first kappa shape index (κ1) is 27.0. The zero-order chi connectivity index (χ0) is 26.9. The Kier molecular flexibility index (Phi) is 6.91. The molecule has 7 nitrogen and oxygen atoms in total. The predicted octanol–water partition coefficient (Wildman–Crippen LogP) is 4.28. The van der Waals surface area contributed by atoms with Crippen LogP contribution in [0.5, 0.6) is 0 Å². The molecular weight excluding hydrogens is 522 g/mol. The van der Waals surface area contributed by atoms with Crippen LogP contribution in [-0.4, -0.2) is 82.9 Å². The molecule has 1 N–H and O–H groups in total. The molecule has 5 fully saturated rings. The topological polar surface area (TPSA) is 81.2 Å². The number of nitrogens with zero attached hydrogens (tertiary/aromatic N) is 3. The second-order valence-electron chi connectivity index (χ2n) is 13.1. The number of fused-ring (bicyclic) bond motifs is 1. The summed E-state index contributed by atoms with van der Waals surface area (Å²) in [5.41, 5.74) is -0.532. The van der Waals surface area contributed by atoms with E-state index in [2.05, 4.69) is 18.7 Å². The van der Waals surface area contributed by atoms with Crippen molar-refractivity contribution < 1.29 is 18.3 Å². The molecule has 9 heteroatoms. The minimum Gasteiger partial charge on any atom is -0.391 e. The first-order valence-corrected chi connectivity index (χ1v) is 16.4. The van der Waals surface area contributed by atoms with Crippen LogP contribution in [0.1, 0.15) is 78.1 Å². The molecule has 3 heterocycles. The second kappa shape index (κ2) is 9.72. The number of rotatable bonds is 6. The number of piperidine rings is 2. The smallest absolute Gasteiger partial charge is 0.243 e. The number of aliphatic hydroxyl groups is 1. The number of amides is 1. The molecule has 2 unspecified atom stereocenters. The van der Waals surface area contributed by atoms with Gasteiger partial charge in [-0.3, -0.25) is 9.69 Å². The van der Waals surface area contributed by atoms with E-state index >= 15 is 0 Å². The van der Waals surface area contributed by atoms with Gasteiger partial charge in [0.05, 0.1) is 11.0 Å². The quantitative estimate of drug-likeness (QED) is 0.559. The third-order valence-electron chi connectivity index (χ3n) is 10.4. The lowest BCUT2D eigenvalue weighted by Gasteiger charge is -2.54. The highest BCUT2D eigenvalue weighted by atomic mass is 35.5. The fourth-order valence-electron chi connectivity index (χ4n) is 7.76. The molecule has 0 aromatic heterocycles. The fraction of sp³-hybridized carbons (Fsp3) is 0.759. The van der Waals surface area contributed by atoms with Crippen molar-refractivity contribution in [3.05, 3.63) is 29.3 Å². The van der Waals surface area contributed by atoms with Gasteiger partial charge in [-0.2, -0.15) is 4.31 Å². The zero-order valence-corrected chi connectivity index (χ0v) is 24.3. The third kappa shape index (κ3) is 4.72. The van der Waals surface area contributed by atoms with Crippen LogP contribution < -0.4 is 0 Å². The average Bonchev–Trinajstić information content (AvgIpc) is 3.82. The predicted molar refractivity (Wildman–Crippen MR) is 147 cm³/mol. The minimum absolute atomic E-state index is 0.0291. The van der Waals surface area contributed by atoms with Crippen LogP contribution in [0.4, 0.5) is 0 Å². The van der Waals surface area contributed by atoms with Crippen molar-refractivity contribution in [3.8, 4) is 0 Å².